The summed E-state index contributed by atoms with van der Waals surface area (Å²) in [6, 6.07) is 3.34. The van der Waals surface area contributed by atoms with Gasteiger partial charge in [0.2, 0.25) is 0 Å². The van der Waals surface area contributed by atoms with Crippen molar-refractivity contribution in [1.82, 2.24) is 0 Å². The molecule has 0 aliphatic carbocycles. The summed E-state index contributed by atoms with van der Waals surface area (Å²) in [4.78, 5) is 0. The van der Waals surface area contributed by atoms with Crippen LogP contribution >= 0.6 is 11.3 Å². The molecule has 1 rings (SSSR count). The molecule has 0 radical (unpaired) electrons. The number of anilines is 1. The second-order valence-electron chi connectivity index (χ2n) is 1.24. The van der Waals surface area contributed by atoms with E-state index in [9.17, 15) is 0 Å². The summed E-state index contributed by atoms with van der Waals surface area (Å²) < 4.78 is 0. The standard InChI is InChI=1S/C4H5NO2S/c6-5(7)4-2-1-3-8-4/h1-3,6-7H. The Hall–Kier alpha value is -0.580. The van der Waals surface area contributed by atoms with E-state index in [2.05, 4.69) is 0 Å². The maximum atomic E-state index is 8.31. The van der Waals surface area contributed by atoms with Crippen LogP contribution in [0.1, 0.15) is 0 Å². The van der Waals surface area contributed by atoms with Gasteiger partial charge < -0.3 is 0 Å². The Morgan fingerprint density at radius 3 is 2.50 bits per heavy atom. The molecule has 3 nitrogen and oxygen atoms in total. The highest BCUT2D eigenvalue weighted by atomic mass is 32.1. The van der Waals surface area contributed by atoms with E-state index in [1.165, 1.54) is 11.3 Å². The molecule has 0 saturated heterocycles. The zero-order valence-corrected chi connectivity index (χ0v) is 4.80. The van der Waals surface area contributed by atoms with E-state index in [1.54, 1.807) is 17.5 Å². The van der Waals surface area contributed by atoms with Crippen molar-refractivity contribution >= 4 is 16.3 Å². The lowest BCUT2D eigenvalue weighted by molar-refractivity contribution is 0.0312. The van der Waals surface area contributed by atoms with Crippen molar-refractivity contribution in [2.45, 2.75) is 0 Å². The highest BCUT2D eigenvalue weighted by Gasteiger charge is 1.95. The lowest BCUT2D eigenvalue weighted by Gasteiger charge is -2.00. The molecule has 2 N–H and O–H groups in total. The summed E-state index contributed by atoms with van der Waals surface area (Å²) in [6.07, 6.45) is 0. The van der Waals surface area contributed by atoms with Crippen molar-refractivity contribution in [1.29, 1.82) is 0 Å². The molecular formula is C4H5NO2S. The normalized spacial score (nSPS) is 9.25. The molecule has 0 amide bonds. The van der Waals surface area contributed by atoms with Crippen molar-refractivity contribution in [2.24, 2.45) is 0 Å². The van der Waals surface area contributed by atoms with Gasteiger partial charge in [-0.2, -0.15) is 0 Å². The molecule has 4 heteroatoms. The summed E-state index contributed by atoms with van der Waals surface area (Å²) in [5.41, 5.74) is 0. The van der Waals surface area contributed by atoms with E-state index < -0.39 is 0 Å². The predicted molar refractivity (Wildman–Crippen MR) is 30.4 cm³/mol. The molecule has 44 valence electrons. The molecule has 0 fully saturated rings. The highest BCUT2D eigenvalue weighted by Crippen LogP contribution is 2.16. The Labute approximate surface area is 50.3 Å². The van der Waals surface area contributed by atoms with Crippen LogP contribution in [-0.2, 0) is 0 Å². The average Bonchev–Trinajstić information content (AvgIpc) is 2.12. The van der Waals surface area contributed by atoms with Gasteiger partial charge in [0.05, 0.1) is 0 Å². The molecule has 1 aromatic heterocycles. The summed E-state index contributed by atoms with van der Waals surface area (Å²) in [5, 5.41) is 18.9. The van der Waals surface area contributed by atoms with E-state index in [0.717, 1.165) is 0 Å². The van der Waals surface area contributed by atoms with Gasteiger partial charge in [-0.25, -0.2) is 0 Å². The molecule has 0 bridgehead atoms. The first-order valence-electron chi connectivity index (χ1n) is 2.02. The van der Waals surface area contributed by atoms with Gasteiger partial charge in [-0.05, 0) is 17.5 Å². The molecule has 0 spiro atoms. The van der Waals surface area contributed by atoms with Crippen LogP contribution in [0, 0.1) is 0 Å². The van der Waals surface area contributed by atoms with Gasteiger partial charge in [0.25, 0.3) is 0 Å². The summed E-state index contributed by atoms with van der Waals surface area (Å²) in [6.45, 7) is 0. The monoisotopic (exact) mass is 131 g/mol. The van der Waals surface area contributed by atoms with Gasteiger partial charge in [-0.15, -0.1) is 16.6 Å². The maximum Gasteiger partial charge on any atom is 0.147 e. The van der Waals surface area contributed by atoms with Crippen LogP contribution < -0.4 is 5.23 Å². The largest absolute Gasteiger partial charge is 0.263 e. The Morgan fingerprint density at radius 1 is 1.50 bits per heavy atom. The Morgan fingerprint density at radius 2 is 2.25 bits per heavy atom. The second-order valence-corrected chi connectivity index (χ2v) is 2.17. The molecule has 0 unspecified atom stereocenters. The minimum atomic E-state index is 0.102. The Balaban J connectivity index is 2.77. The van der Waals surface area contributed by atoms with Crippen molar-refractivity contribution in [2.75, 3.05) is 5.23 Å². The van der Waals surface area contributed by atoms with E-state index >= 15 is 0 Å². The van der Waals surface area contributed by atoms with E-state index in [1.807, 2.05) is 0 Å². The lowest BCUT2D eigenvalue weighted by atomic mass is 10.6. The number of hydrogen-bond donors (Lipinski definition) is 2. The molecule has 8 heavy (non-hydrogen) atoms. The first-order valence-corrected chi connectivity index (χ1v) is 2.90. The summed E-state index contributed by atoms with van der Waals surface area (Å²) in [5.74, 6) is 0. The number of hydrogen-bond acceptors (Lipinski definition) is 4. The third kappa shape index (κ3) is 0.975. The van der Waals surface area contributed by atoms with Gasteiger partial charge in [0, 0.05) is 0 Å². The number of nitrogens with zero attached hydrogens (tertiary/aromatic N) is 1. The Bertz CT molecular complexity index is 149. The lowest BCUT2D eigenvalue weighted by Crippen LogP contribution is -2.08. The van der Waals surface area contributed by atoms with Crippen LogP contribution in [0.25, 0.3) is 0 Å². The minimum Gasteiger partial charge on any atom is -0.263 e. The van der Waals surface area contributed by atoms with Crippen molar-refractivity contribution in [3.63, 3.8) is 0 Å². The Kier molecular flexibility index (Phi) is 1.48. The zero-order valence-electron chi connectivity index (χ0n) is 3.98. The van der Waals surface area contributed by atoms with Crippen LogP contribution in [0.15, 0.2) is 17.5 Å². The first-order chi connectivity index (χ1) is 3.80. The molecule has 0 aliphatic heterocycles. The van der Waals surface area contributed by atoms with Crippen molar-refractivity contribution in [3.8, 4) is 0 Å². The number of thiophene rings is 1. The quantitative estimate of drug-likeness (QED) is 0.565. The fourth-order valence-electron chi connectivity index (χ4n) is 0.384. The van der Waals surface area contributed by atoms with Gasteiger partial charge >= 0.3 is 0 Å². The highest BCUT2D eigenvalue weighted by molar-refractivity contribution is 7.14. The van der Waals surface area contributed by atoms with Crippen LogP contribution in [0.2, 0.25) is 0 Å². The van der Waals surface area contributed by atoms with Gasteiger partial charge in [-0.1, -0.05) is 0 Å². The molecule has 0 atom stereocenters. The predicted octanol–water partition coefficient (Wildman–Crippen LogP) is 1.33. The average molecular weight is 131 g/mol. The van der Waals surface area contributed by atoms with Crippen LogP contribution in [0.4, 0.5) is 5.00 Å². The molecule has 0 aliphatic rings. The number of rotatable bonds is 1. The summed E-state index contributed by atoms with van der Waals surface area (Å²) >= 11 is 1.26. The third-order valence-corrected chi connectivity index (χ3v) is 1.54. The SMILES string of the molecule is ON(O)c1cccs1. The van der Waals surface area contributed by atoms with Crippen LogP contribution in [0.3, 0.4) is 0 Å². The summed E-state index contributed by atoms with van der Waals surface area (Å²) in [7, 11) is 0. The van der Waals surface area contributed by atoms with Gasteiger partial charge in [-0.3, -0.25) is 10.4 Å². The smallest absolute Gasteiger partial charge is 0.147 e. The van der Waals surface area contributed by atoms with Crippen LogP contribution in [-0.4, -0.2) is 10.4 Å². The topological polar surface area (TPSA) is 43.7 Å². The molecular weight excluding hydrogens is 126 g/mol. The molecule has 1 heterocycles. The molecule has 1 aromatic rings. The zero-order chi connectivity index (χ0) is 5.98. The molecule has 0 saturated carbocycles. The van der Waals surface area contributed by atoms with Gasteiger partial charge in [0.15, 0.2) is 0 Å². The second kappa shape index (κ2) is 2.13. The molecule has 0 aromatic carbocycles. The van der Waals surface area contributed by atoms with E-state index in [0.29, 0.717) is 5.00 Å². The third-order valence-electron chi connectivity index (χ3n) is 0.703. The van der Waals surface area contributed by atoms with E-state index in [4.69, 9.17) is 10.4 Å². The maximum absolute atomic E-state index is 8.31. The van der Waals surface area contributed by atoms with E-state index in [-0.39, 0.29) is 5.23 Å². The minimum absolute atomic E-state index is 0.102. The first kappa shape index (κ1) is 5.55. The fraction of sp³-hybridized carbons (Fsp3) is 0. The van der Waals surface area contributed by atoms with Gasteiger partial charge in [0.1, 0.15) is 5.00 Å². The van der Waals surface area contributed by atoms with Crippen molar-refractivity contribution < 1.29 is 10.4 Å². The van der Waals surface area contributed by atoms with Crippen molar-refractivity contribution in [3.05, 3.63) is 17.5 Å². The fourth-order valence-corrected chi connectivity index (χ4v) is 0.932. The van der Waals surface area contributed by atoms with Crippen LogP contribution in [0.5, 0.6) is 0 Å².